The standard InChI is InChI=1S/C12H16N2.C10H14N2/c1-4-10-6-12-9(7-13-10)5-11(14-12)8(2)3;1-7(2)9-6-10-8(12-9)4-3-5-11-10/h5-8,14H,4H2,1-3H3;3-5,7,9,12H,6H2,1-2H3. The summed E-state index contributed by atoms with van der Waals surface area (Å²) < 4.78 is 0. The fourth-order valence-corrected chi connectivity index (χ4v) is 3.19. The molecule has 0 spiro atoms. The van der Waals surface area contributed by atoms with Gasteiger partial charge in [-0.15, -0.1) is 0 Å². The molecule has 1 unspecified atom stereocenters. The Morgan fingerprint density at radius 1 is 1.15 bits per heavy atom. The van der Waals surface area contributed by atoms with E-state index in [2.05, 4.69) is 73.1 Å². The molecule has 1 aliphatic rings. The molecule has 138 valence electrons. The zero-order valence-electron chi connectivity index (χ0n) is 16.5. The SMILES string of the molecule is CC(C)C1Cc2ncccc2N1.CCc1cc2[nH]c(C(C)C)cc2cn1. The summed E-state index contributed by atoms with van der Waals surface area (Å²) in [6, 6.07) is 8.99. The Morgan fingerprint density at radius 3 is 2.62 bits per heavy atom. The van der Waals surface area contributed by atoms with Crippen LogP contribution in [0.3, 0.4) is 0 Å². The van der Waals surface area contributed by atoms with E-state index in [4.69, 9.17) is 0 Å². The summed E-state index contributed by atoms with van der Waals surface area (Å²) in [5.41, 5.74) is 6.08. The van der Waals surface area contributed by atoms with Crippen LogP contribution in [0.5, 0.6) is 0 Å². The average molecular weight is 351 g/mol. The molecule has 2 N–H and O–H groups in total. The minimum absolute atomic E-state index is 0.549. The molecule has 1 aliphatic heterocycles. The van der Waals surface area contributed by atoms with Crippen molar-refractivity contribution in [3.05, 3.63) is 53.7 Å². The van der Waals surface area contributed by atoms with Crippen LogP contribution in [0, 0.1) is 5.92 Å². The van der Waals surface area contributed by atoms with Crippen molar-refractivity contribution >= 4 is 16.6 Å². The van der Waals surface area contributed by atoms with Gasteiger partial charge in [0.1, 0.15) is 0 Å². The van der Waals surface area contributed by atoms with Gasteiger partial charge in [0.25, 0.3) is 0 Å². The number of hydrogen-bond donors (Lipinski definition) is 2. The molecule has 3 aromatic heterocycles. The molecule has 3 aromatic rings. The number of pyridine rings is 2. The molecule has 0 bridgehead atoms. The monoisotopic (exact) mass is 350 g/mol. The van der Waals surface area contributed by atoms with E-state index in [1.807, 2.05) is 18.5 Å². The minimum atomic E-state index is 0.549. The highest BCUT2D eigenvalue weighted by molar-refractivity contribution is 5.79. The predicted molar refractivity (Wildman–Crippen MR) is 110 cm³/mol. The molecule has 0 saturated heterocycles. The van der Waals surface area contributed by atoms with E-state index in [0.29, 0.717) is 17.9 Å². The van der Waals surface area contributed by atoms with Gasteiger partial charge in [0.05, 0.1) is 11.4 Å². The Bertz CT molecular complexity index is 838. The highest BCUT2D eigenvalue weighted by Gasteiger charge is 2.23. The molecule has 4 heterocycles. The normalized spacial score (nSPS) is 15.7. The van der Waals surface area contributed by atoms with Gasteiger partial charge >= 0.3 is 0 Å². The van der Waals surface area contributed by atoms with Crippen molar-refractivity contribution in [2.45, 2.75) is 59.4 Å². The molecule has 0 aromatic carbocycles. The van der Waals surface area contributed by atoms with Crippen molar-refractivity contribution in [1.29, 1.82) is 0 Å². The quantitative estimate of drug-likeness (QED) is 0.672. The maximum absolute atomic E-state index is 4.38. The highest BCUT2D eigenvalue weighted by atomic mass is 15.0. The van der Waals surface area contributed by atoms with Crippen molar-refractivity contribution in [2.75, 3.05) is 5.32 Å². The first-order valence-corrected chi connectivity index (χ1v) is 9.65. The molecule has 0 radical (unpaired) electrons. The van der Waals surface area contributed by atoms with Gasteiger partial charge in [-0.2, -0.15) is 0 Å². The maximum Gasteiger partial charge on any atom is 0.0655 e. The number of hydrogen-bond acceptors (Lipinski definition) is 3. The molecule has 0 amide bonds. The molecule has 26 heavy (non-hydrogen) atoms. The number of anilines is 1. The first-order chi connectivity index (χ1) is 12.5. The number of nitrogens with zero attached hydrogens (tertiary/aromatic N) is 2. The molecule has 4 heteroatoms. The average Bonchev–Trinajstić information content (AvgIpc) is 3.25. The smallest absolute Gasteiger partial charge is 0.0655 e. The largest absolute Gasteiger partial charge is 0.380 e. The van der Waals surface area contributed by atoms with Crippen LogP contribution in [0.25, 0.3) is 10.9 Å². The van der Waals surface area contributed by atoms with Crippen LogP contribution in [0.15, 0.2) is 36.7 Å². The minimum Gasteiger partial charge on any atom is -0.380 e. The molecule has 1 atom stereocenters. The molecule has 4 rings (SSSR count). The Balaban J connectivity index is 0.000000152. The fourth-order valence-electron chi connectivity index (χ4n) is 3.19. The Hall–Kier alpha value is -2.36. The summed E-state index contributed by atoms with van der Waals surface area (Å²) in [6.07, 6.45) is 5.89. The van der Waals surface area contributed by atoms with Crippen LogP contribution in [0.4, 0.5) is 5.69 Å². The van der Waals surface area contributed by atoms with Crippen LogP contribution in [-0.2, 0) is 12.8 Å². The Labute approximate surface area is 156 Å². The lowest BCUT2D eigenvalue weighted by atomic mass is 10.0. The fraction of sp³-hybridized carbons (Fsp3) is 0.455. The van der Waals surface area contributed by atoms with Crippen LogP contribution < -0.4 is 5.32 Å². The van der Waals surface area contributed by atoms with Gasteiger partial charge in [0, 0.05) is 47.1 Å². The van der Waals surface area contributed by atoms with Gasteiger partial charge in [-0.3, -0.25) is 9.97 Å². The summed E-state index contributed by atoms with van der Waals surface area (Å²) in [7, 11) is 0. The van der Waals surface area contributed by atoms with E-state index in [9.17, 15) is 0 Å². The van der Waals surface area contributed by atoms with Crippen molar-refractivity contribution in [1.82, 2.24) is 15.0 Å². The molecule has 0 aliphatic carbocycles. The van der Waals surface area contributed by atoms with E-state index in [1.165, 1.54) is 28.0 Å². The van der Waals surface area contributed by atoms with E-state index in [0.717, 1.165) is 18.5 Å². The maximum atomic E-state index is 4.38. The molecule has 0 saturated carbocycles. The lowest BCUT2D eigenvalue weighted by molar-refractivity contribution is 0.535. The van der Waals surface area contributed by atoms with Crippen molar-refractivity contribution < 1.29 is 0 Å². The number of aromatic nitrogens is 3. The van der Waals surface area contributed by atoms with Gasteiger partial charge in [-0.05, 0) is 42.5 Å². The van der Waals surface area contributed by atoms with Gasteiger partial charge in [0.15, 0.2) is 0 Å². The number of H-pyrrole nitrogens is 1. The summed E-state index contributed by atoms with van der Waals surface area (Å²) in [4.78, 5) is 12.1. The molecule has 4 nitrogen and oxygen atoms in total. The van der Waals surface area contributed by atoms with Crippen molar-refractivity contribution in [3.8, 4) is 0 Å². The van der Waals surface area contributed by atoms with Crippen LogP contribution >= 0.6 is 0 Å². The lowest BCUT2D eigenvalue weighted by Gasteiger charge is -2.14. The van der Waals surface area contributed by atoms with E-state index in [1.54, 1.807) is 0 Å². The second-order valence-corrected chi connectivity index (χ2v) is 7.69. The number of aryl methyl sites for hydroxylation is 1. The zero-order valence-corrected chi connectivity index (χ0v) is 16.5. The number of nitrogens with one attached hydrogen (secondary N) is 2. The number of fused-ring (bicyclic) bond motifs is 2. The second kappa shape index (κ2) is 7.90. The molecular formula is C22H30N4. The second-order valence-electron chi connectivity index (χ2n) is 7.69. The third kappa shape index (κ3) is 4.06. The Morgan fingerprint density at radius 2 is 1.96 bits per heavy atom. The number of aromatic amines is 1. The predicted octanol–water partition coefficient (Wildman–Crippen LogP) is 5.32. The Kier molecular flexibility index (Phi) is 5.60. The highest BCUT2D eigenvalue weighted by Crippen LogP contribution is 2.26. The van der Waals surface area contributed by atoms with E-state index in [-0.39, 0.29) is 0 Å². The summed E-state index contributed by atoms with van der Waals surface area (Å²) >= 11 is 0. The van der Waals surface area contributed by atoms with Crippen LogP contribution in [-0.4, -0.2) is 21.0 Å². The van der Waals surface area contributed by atoms with Gasteiger partial charge in [-0.25, -0.2) is 0 Å². The topological polar surface area (TPSA) is 53.6 Å². The summed E-state index contributed by atoms with van der Waals surface area (Å²) in [5.74, 6) is 1.23. The third-order valence-corrected chi connectivity index (χ3v) is 5.01. The number of rotatable bonds is 3. The third-order valence-electron chi connectivity index (χ3n) is 5.01. The van der Waals surface area contributed by atoms with E-state index < -0.39 is 0 Å². The first kappa shape index (κ1) is 18.4. The van der Waals surface area contributed by atoms with Gasteiger partial charge in [-0.1, -0.05) is 34.6 Å². The van der Waals surface area contributed by atoms with Gasteiger partial charge < -0.3 is 10.3 Å². The molecule has 0 fully saturated rings. The summed E-state index contributed by atoms with van der Waals surface area (Å²) in [5, 5.41) is 4.69. The van der Waals surface area contributed by atoms with Crippen LogP contribution in [0.2, 0.25) is 0 Å². The first-order valence-electron chi connectivity index (χ1n) is 9.65. The van der Waals surface area contributed by atoms with E-state index >= 15 is 0 Å². The molecular weight excluding hydrogens is 320 g/mol. The lowest BCUT2D eigenvalue weighted by Crippen LogP contribution is -2.21. The van der Waals surface area contributed by atoms with Crippen molar-refractivity contribution in [3.63, 3.8) is 0 Å². The summed E-state index contributed by atoms with van der Waals surface area (Å²) in [6.45, 7) is 11.0. The van der Waals surface area contributed by atoms with Crippen LogP contribution in [0.1, 0.15) is 57.6 Å². The van der Waals surface area contributed by atoms with Crippen molar-refractivity contribution in [2.24, 2.45) is 5.92 Å². The van der Waals surface area contributed by atoms with Gasteiger partial charge in [0.2, 0.25) is 0 Å². The zero-order chi connectivity index (χ0) is 18.7.